The normalized spacial score (nSPS) is 11.7. The maximum absolute atomic E-state index is 11.9. The van der Waals surface area contributed by atoms with Gasteiger partial charge < -0.3 is 10.1 Å². The Morgan fingerprint density at radius 1 is 1.33 bits per heavy atom. The fourth-order valence-electron chi connectivity index (χ4n) is 1.45. The van der Waals surface area contributed by atoms with E-state index in [0.29, 0.717) is 12.0 Å². The average molecular weight is 314 g/mol. The van der Waals surface area contributed by atoms with Gasteiger partial charge in [-0.05, 0) is 30.7 Å². The fourth-order valence-corrected chi connectivity index (χ4v) is 1.72. The van der Waals surface area contributed by atoms with E-state index in [4.69, 9.17) is 0 Å². The molecule has 1 aromatic rings. The van der Waals surface area contributed by atoms with E-state index in [1.165, 1.54) is 7.11 Å². The second-order valence-corrected chi connectivity index (χ2v) is 4.78. The van der Waals surface area contributed by atoms with Gasteiger partial charge in [0.25, 0.3) is 5.91 Å². The van der Waals surface area contributed by atoms with Crippen molar-refractivity contribution in [2.24, 2.45) is 0 Å². The standard InChI is InChI=1S/C13H16BrNO3/c1-3-11(8-12(16)18-2)15-13(17)9-4-6-10(14)7-5-9/h4-7,11H,3,8H2,1-2H3,(H,15,17). The zero-order chi connectivity index (χ0) is 13.5. The van der Waals surface area contributed by atoms with Crippen molar-refractivity contribution >= 4 is 27.8 Å². The maximum Gasteiger partial charge on any atom is 0.307 e. The van der Waals surface area contributed by atoms with Crippen LogP contribution in [-0.4, -0.2) is 25.0 Å². The van der Waals surface area contributed by atoms with Gasteiger partial charge in [0.15, 0.2) is 0 Å². The summed E-state index contributed by atoms with van der Waals surface area (Å²) in [6, 6.07) is 6.86. The summed E-state index contributed by atoms with van der Waals surface area (Å²) in [4.78, 5) is 23.1. The van der Waals surface area contributed by atoms with Gasteiger partial charge in [0, 0.05) is 16.1 Å². The summed E-state index contributed by atoms with van der Waals surface area (Å²) in [5.74, 6) is -0.504. The molecule has 0 saturated carbocycles. The Balaban J connectivity index is 2.61. The van der Waals surface area contributed by atoms with E-state index < -0.39 is 0 Å². The number of hydrogen-bond acceptors (Lipinski definition) is 3. The Kier molecular flexibility index (Phi) is 5.85. The molecule has 1 unspecified atom stereocenters. The average Bonchev–Trinajstić information content (AvgIpc) is 2.38. The van der Waals surface area contributed by atoms with Gasteiger partial charge in [-0.1, -0.05) is 22.9 Å². The Labute approximate surface area is 115 Å². The summed E-state index contributed by atoms with van der Waals surface area (Å²) in [5.41, 5.74) is 0.571. The first-order chi connectivity index (χ1) is 8.56. The van der Waals surface area contributed by atoms with Gasteiger partial charge in [0.2, 0.25) is 0 Å². The molecule has 4 nitrogen and oxygen atoms in total. The lowest BCUT2D eigenvalue weighted by Crippen LogP contribution is -2.36. The Morgan fingerprint density at radius 2 is 1.94 bits per heavy atom. The van der Waals surface area contributed by atoms with Crippen LogP contribution in [0.5, 0.6) is 0 Å². The number of rotatable bonds is 5. The molecule has 0 aromatic heterocycles. The number of ether oxygens (including phenoxy) is 1. The number of nitrogens with one attached hydrogen (secondary N) is 1. The Morgan fingerprint density at radius 3 is 2.44 bits per heavy atom. The van der Waals surface area contributed by atoms with E-state index in [9.17, 15) is 9.59 Å². The fraction of sp³-hybridized carbons (Fsp3) is 0.385. The number of methoxy groups -OCH3 is 1. The van der Waals surface area contributed by atoms with E-state index in [2.05, 4.69) is 26.0 Å². The highest BCUT2D eigenvalue weighted by molar-refractivity contribution is 9.10. The van der Waals surface area contributed by atoms with Crippen LogP contribution in [0, 0.1) is 0 Å². The highest BCUT2D eigenvalue weighted by Crippen LogP contribution is 2.11. The van der Waals surface area contributed by atoms with Crippen molar-refractivity contribution in [3.8, 4) is 0 Å². The summed E-state index contributed by atoms with van der Waals surface area (Å²) in [6.45, 7) is 1.91. The lowest BCUT2D eigenvalue weighted by atomic mass is 10.1. The van der Waals surface area contributed by atoms with Gasteiger partial charge in [-0.2, -0.15) is 0 Å². The molecule has 0 bridgehead atoms. The van der Waals surface area contributed by atoms with Crippen molar-refractivity contribution in [2.75, 3.05) is 7.11 Å². The molecule has 98 valence electrons. The molecule has 1 atom stereocenters. The largest absolute Gasteiger partial charge is 0.469 e. The van der Waals surface area contributed by atoms with Gasteiger partial charge in [-0.15, -0.1) is 0 Å². The molecule has 1 aromatic carbocycles. The number of benzene rings is 1. The quantitative estimate of drug-likeness (QED) is 0.850. The summed E-state index contributed by atoms with van der Waals surface area (Å²) < 4.78 is 5.51. The van der Waals surface area contributed by atoms with Gasteiger partial charge >= 0.3 is 5.97 Å². The third-order valence-corrected chi connectivity index (χ3v) is 3.10. The number of halogens is 1. The van der Waals surface area contributed by atoms with E-state index in [1.54, 1.807) is 24.3 Å². The van der Waals surface area contributed by atoms with Crippen LogP contribution in [0.3, 0.4) is 0 Å². The molecule has 0 fully saturated rings. The smallest absolute Gasteiger partial charge is 0.307 e. The van der Waals surface area contributed by atoms with Crippen molar-refractivity contribution in [2.45, 2.75) is 25.8 Å². The van der Waals surface area contributed by atoms with Crippen LogP contribution in [0.1, 0.15) is 30.1 Å². The van der Waals surface area contributed by atoms with Crippen LogP contribution in [0.2, 0.25) is 0 Å². The second kappa shape index (κ2) is 7.16. The topological polar surface area (TPSA) is 55.4 Å². The van der Waals surface area contributed by atoms with Crippen LogP contribution in [0.4, 0.5) is 0 Å². The molecule has 5 heteroatoms. The first-order valence-electron chi connectivity index (χ1n) is 5.70. The number of hydrogen-bond donors (Lipinski definition) is 1. The number of amides is 1. The molecule has 0 heterocycles. The third kappa shape index (κ3) is 4.49. The van der Waals surface area contributed by atoms with Crippen molar-refractivity contribution in [1.82, 2.24) is 5.32 Å². The molecule has 18 heavy (non-hydrogen) atoms. The molecule has 0 radical (unpaired) electrons. The molecule has 1 amide bonds. The van der Waals surface area contributed by atoms with Gasteiger partial charge in [0.1, 0.15) is 0 Å². The van der Waals surface area contributed by atoms with Crippen molar-refractivity contribution < 1.29 is 14.3 Å². The Hall–Kier alpha value is -1.36. The Bertz CT molecular complexity index is 417. The van der Waals surface area contributed by atoms with Crippen LogP contribution in [-0.2, 0) is 9.53 Å². The van der Waals surface area contributed by atoms with Crippen LogP contribution >= 0.6 is 15.9 Å². The number of carbonyl (C=O) groups excluding carboxylic acids is 2. The van der Waals surface area contributed by atoms with E-state index in [1.807, 2.05) is 6.92 Å². The molecule has 0 spiro atoms. The van der Waals surface area contributed by atoms with Crippen LogP contribution in [0.25, 0.3) is 0 Å². The monoisotopic (exact) mass is 313 g/mol. The second-order valence-electron chi connectivity index (χ2n) is 3.87. The van der Waals surface area contributed by atoms with Gasteiger partial charge in [0.05, 0.1) is 13.5 Å². The minimum Gasteiger partial charge on any atom is -0.469 e. The molecule has 0 aliphatic heterocycles. The van der Waals surface area contributed by atoms with Crippen molar-refractivity contribution in [1.29, 1.82) is 0 Å². The molecular weight excluding hydrogens is 298 g/mol. The highest BCUT2D eigenvalue weighted by Gasteiger charge is 2.15. The minimum absolute atomic E-state index is 0.182. The predicted molar refractivity (Wildman–Crippen MR) is 72.3 cm³/mol. The summed E-state index contributed by atoms with van der Waals surface area (Å²) in [7, 11) is 1.34. The van der Waals surface area contributed by atoms with Gasteiger partial charge in [-0.3, -0.25) is 9.59 Å². The lowest BCUT2D eigenvalue weighted by molar-refractivity contribution is -0.141. The maximum atomic E-state index is 11.9. The predicted octanol–water partition coefficient (Wildman–Crippen LogP) is 2.52. The molecule has 0 aliphatic carbocycles. The number of esters is 1. The van der Waals surface area contributed by atoms with E-state index in [0.717, 1.165) is 4.47 Å². The van der Waals surface area contributed by atoms with Crippen LogP contribution in [0.15, 0.2) is 28.7 Å². The zero-order valence-corrected chi connectivity index (χ0v) is 12.0. The molecule has 1 N–H and O–H groups in total. The zero-order valence-electron chi connectivity index (χ0n) is 10.4. The summed E-state index contributed by atoms with van der Waals surface area (Å²) >= 11 is 3.31. The van der Waals surface area contributed by atoms with Crippen LogP contribution < -0.4 is 5.32 Å². The highest BCUT2D eigenvalue weighted by atomic mass is 79.9. The first-order valence-corrected chi connectivity index (χ1v) is 6.49. The third-order valence-electron chi connectivity index (χ3n) is 2.58. The summed E-state index contributed by atoms with van der Waals surface area (Å²) in [5, 5.41) is 2.81. The molecular formula is C13H16BrNO3. The number of carbonyl (C=O) groups is 2. The van der Waals surface area contributed by atoms with Crippen molar-refractivity contribution in [3.63, 3.8) is 0 Å². The SMILES string of the molecule is CCC(CC(=O)OC)NC(=O)c1ccc(Br)cc1. The first kappa shape index (κ1) is 14.7. The van der Waals surface area contributed by atoms with Gasteiger partial charge in [-0.25, -0.2) is 0 Å². The van der Waals surface area contributed by atoms with E-state index >= 15 is 0 Å². The molecule has 0 saturated heterocycles. The molecule has 1 rings (SSSR count). The summed E-state index contributed by atoms with van der Waals surface area (Å²) in [6.07, 6.45) is 0.868. The molecule has 0 aliphatic rings. The van der Waals surface area contributed by atoms with Crippen molar-refractivity contribution in [3.05, 3.63) is 34.3 Å². The van der Waals surface area contributed by atoms with E-state index in [-0.39, 0.29) is 24.3 Å². The lowest BCUT2D eigenvalue weighted by Gasteiger charge is -2.15. The minimum atomic E-state index is -0.321.